The summed E-state index contributed by atoms with van der Waals surface area (Å²) in [5.74, 6) is 1.84. The third-order valence-corrected chi connectivity index (χ3v) is 5.51. The maximum atomic E-state index is 9.53. The van der Waals surface area contributed by atoms with E-state index in [1.807, 2.05) is 24.3 Å². The van der Waals surface area contributed by atoms with Gasteiger partial charge in [-0.3, -0.25) is 0 Å². The minimum Gasteiger partial charge on any atom is -0.355 e. The van der Waals surface area contributed by atoms with E-state index in [1.165, 1.54) is 25.7 Å². The van der Waals surface area contributed by atoms with Crippen molar-refractivity contribution < 1.29 is 0 Å². The molecular formula is C19H21BrN4. The van der Waals surface area contributed by atoms with Crippen molar-refractivity contribution in [1.82, 2.24) is 10.3 Å². The van der Waals surface area contributed by atoms with Gasteiger partial charge in [0, 0.05) is 29.0 Å². The summed E-state index contributed by atoms with van der Waals surface area (Å²) in [6.07, 6.45) is 5.17. The number of halogens is 1. The second kappa shape index (κ2) is 6.70. The molecule has 1 aromatic carbocycles. The smallest absolute Gasteiger partial charge is 0.130 e. The van der Waals surface area contributed by atoms with Crippen LogP contribution in [0.25, 0.3) is 10.9 Å². The van der Waals surface area contributed by atoms with Crippen molar-refractivity contribution in [3.63, 3.8) is 0 Å². The van der Waals surface area contributed by atoms with Crippen LogP contribution in [-0.4, -0.2) is 30.7 Å². The van der Waals surface area contributed by atoms with Crippen LogP contribution in [0.1, 0.15) is 31.2 Å². The average Bonchev–Trinajstić information content (AvgIpc) is 3.44. The summed E-state index contributed by atoms with van der Waals surface area (Å²) < 4.78 is 0.975. The van der Waals surface area contributed by atoms with Gasteiger partial charge in [0.05, 0.1) is 17.1 Å². The predicted octanol–water partition coefficient (Wildman–Crippen LogP) is 3.84. The fourth-order valence-electron chi connectivity index (χ4n) is 3.45. The van der Waals surface area contributed by atoms with Crippen LogP contribution >= 0.6 is 15.9 Å². The minimum absolute atomic E-state index is 0.535. The highest BCUT2D eigenvalue weighted by Gasteiger charge is 2.25. The normalized spacial score (nSPS) is 21.0. The van der Waals surface area contributed by atoms with Gasteiger partial charge in [-0.2, -0.15) is 5.26 Å². The van der Waals surface area contributed by atoms with E-state index in [1.54, 1.807) is 0 Å². The Hall–Kier alpha value is -1.64. The summed E-state index contributed by atoms with van der Waals surface area (Å²) in [5.41, 5.74) is 1.59. The topological polar surface area (TPSA) is 52.0 Å². The Morgan fingerprint density at radius 3 is 2.96 bits per heavy atom. The quantitative estimate of drug-likeness (QED) is 0.869. The molecule has 1 aliphatic heterocycles. The molecule has 2 aliphatic rings. The molecule has 0 bridgehead atoms. The van der Waals surface area contributed by atoms with Crippen molar-refractivity contribution >= 4 is 32.7 Å². The zero-order valence-electron chi connectivity index (χ0n) is 13.6. The van der Waals surface area contributed by atoms with Crippen LogP contribution in [0.5, 0.6) is 0 Å². The lowest BCUT2D eigenvalue weighted by molar-refractivity contribution is 0.415. The van der Waals surface area contributed by atoms with Gasteiger partial charge in [0.25, 0.3) is 0 Å². The highest BCUT2D eigenvalue weighted by Crippen LogP contribution is 2.29. The zero-order valence-corrected chi connectivity index (χ0v) is 15.2. The summed E-state index contributed by atoms with van der Waals surface area (Å²) in [5, 5.41) is 14.2. The first-order valence-corrected chi connectivity index (χ1v) is 9.51. The van der Waals surface area contributed by atoms with Gasteiger partial charge in [0.1, 0.15) is 5.82 Å². The zero-order chi connectivity index (χ0) is 16.5. The third-order valence-electron chi connectivity index (χ3n) is 5.02. The van der Waals surface area contributed by atoms with E-state index in [4.69, 9.17) is 4.98 Å². The van der Waals surface area contributed by atoms with E-state index in [-0.39, 0.29) is 0 Å². The molecule has 1 N–H and O–H groups in total. The van der Waals surface area contributed by atoms with Gasteiger partial charge >= 0.3 is 0 Å². The van der Waals surface area contributed by atoms with Crippen LogP contribution in [0.4, 0.5) is 5.82 Å². The number of pyridine rings is 1. The largest absolute Gasteiger partial charge is 0.355 e. The standard InChI is InChI=1S/C19H21BrN4/c20-15-5-6-18-17(9-15)14(10-21)8-19(23-18)24-7-1-2-16(12-24)22-11-13-3-4-13/h5-6,8-9,13,16,22H,1-4,7,11-12H2/t16-/m0/s1. The van der Waals surface area contributed by atoms with E-state index in [2.05, 4.69) is 32.2 Å². The van der Waals surface area contributed by atoms with Gasteiger partial charge in [0.2, 0.25) is 0 Å². The Morgan fingerprint density at radius 1 is 1.29 bits per heavy atom. The number of nitriles is 1. The molecule has 1 aliphatic carbocycles. The van der Waals surface area contributed by atoms with Crippen molar-refractivity contribution in [3.8, 4) is 6.07 Å². The maximum absolute atomic E-state index is 9.53. The Morgan fingerprint density at radius 2 is 2.17 bits per heavy atom. The number of aromatic nitrogens is 1. The number of anilines is 1. The van der Waals surface area contributed by atoms with Gasteiger partial charge in [0.15, 0.2) is 0 Å². The molecule has 24 heavy (non-hydrogen) atoms. The predicted molar refractivity (Wildman–Crippen MR) is 100 cm³/mol. The van der Waals surface area contributed by atoms with Crippen molar-refractivity contribution in [2.45, 2.75) is 31.7 Å². The molecule has 2 aromatic rings. The number of hydrogen-bond acceptors (Lipinski definition) is 4. The van der Waals surface area contributed by atoms with Crippen LogP contribution in [-0.2, 0) is 0 Å². The lowest BCUT2D eigenvalue weighted by Gasteiger charge is -2.34. The molecule has 1 atom stereocenters. The van der Waals surface area contributed by atoms with Gasteiger partial charge in [-0.25, -0.2) is 4.98 Å². The van der Waals surface area contributed by atoms with Crippen LogP contribution in [0.2, 0.25) is 0 Å². The number of nitrogens with zero attached hydrogens (tertiary/aromatic N) is 3. The molecule has 4 nitrogen and oxygen atoms in total. The van der Waals surface area contributed by atoms with E-state index in [9.17, 15) is 5.26 Å². The van der Waals surface area contributed by atoms with E-state index in [0.717, 1.165) is 46.7 Å². The SMILES string of the molecule is N#Cc1cc(N2CCC[C@H](NCC3CC3)C2)nc2ccc(Br)cc12. The minimum atomic E-state index is 0.535. The Bertz CT molecular complexity index is 794. The Balaban J connectivity index is 1.58. The maximum Gasteiger partial charge on any atom is 0.130 e. The van der Waals surface area contributed by atoms with Crippen LogP contribution in [0, 0.1) is 17.2 Å². The van der Waals surface area contributed by atoms with Crippen LogP contribution in [0.3, 0.4) is 0 Å². The molecule has 4 rings (SSSR count). The molecule has 2 heterocycles. The summed E-state index contributed by atoms with van der Waals surface area (Å²) in [7, 11) is 0. The van der Waals surface area contributed by atoms with Gasteiger partial charge in [-0.1, -0.05) is 15.9 Å². The number of fused-ring (bicyclic) bond motifs is 1. The summed E-state index contributed by atoms with van der Waals surface area (Å²) in [6.45, 7) is 3.15. The molecule has 124 valence electrons. The highest BCUT2D eigenvalue weighted by atomic mass is 79.9. The fraction of sp³-hybridized carbons (Fsp3) is 0.474. The molecule has 1 saturated heterocycles. The molecule has 1 aromatic heterocycles. The molecule has 0 unspecified atom stereocenters. The van der Waals surface area contributed by atoms with Crippen LogP contribution in [0.15, 0.2) is 28.7 Å². The van der Waals surface area contributed by atoms with E-state index in [0.29, 0.717) is 11.6 Å². The first-order valence-electron chi connectivity index (χ1n) is 8.71. The molecule has 1 saturated carbocycles. The third kappa shape index (κ3) is 3.40. The first-order chi connectivity index (χ1) is 11.7. The van der Waals surface area contributed by atoms with Crippen molar-refractivity contribution in [1.29, 1.82) is 5.26 Å². The van der Waals surface area contributed by atoms with E-state index >= 15 is 0 Å². The number of benzene rings is 1. The monoisotopic (exact) mass is 384 g/mol. The van der Waals surface area contributed by atoms with Crippen LogP contribution < -0.4 is 10.2 Å². The number of piperidine rings is 1. The number of nitrogens with one attached hydrogen (secondary N) is 1. The van der Waals surface area contributed by atoms with Gasteiger partial charge in [-0.05, 0) is 62.4 Å². The second-order valence-corrected chi connectivity index (χ2v) is 7.85. The molecule has 0 amide bonds. The van der Waals surface area contributed by atoms with E-state index < -0.39 is 0 Å². The molecule has 0 spiro atoms. The van der Waals surface area contributed by atoms with Crippen molar-refractivity contribution in [2.24, 2.45) is 5.92 Å². The van der Waals surface area contributed by atoms with Gasteiger partial charge in [-0.15, -0.1) is 0 Å². The summed E-state index contributed by atoms with van der Waals surface area (Å²) in [4.78, 5) is 7.15. The molecule has 0 radical (unpaired) electrons. The summed E-state index contributed by atoms with van der Waals surface area (Å²) >= 11 is 3.48. The lowest BCUT2D eigenvalue weighted by atomic mass is 10.0. The average molecular weight is 385 g/mol. The van der Waals surface area contributed by atoms with Gasteiger partial charge < -0.3 is 10.2 Å². The van der Waals surface area contributed by atoms with Crippen molar-refractivity contribution in [3.05, 3.63) is 34.3 Å². The Kier molecular flexibility index (Phi) is 4.43. The second-order valence-electron chi connectivity index (χ2n) is 6.94. The Labute approximate surface area is 151 Å². The lowest BCUT2D eigenvalue weighted by Crippen LogP contribution is -2.46. The highest BCUT2D eigenvalue weighted by molar-refractivity contribution is 9.10. The molecule has 2 fully saturated rings. The van der Waals surface area contributed by atoms with Crippen molar-refractivity contribution in [2.75, 3.05) is 24.5 Å². The summed E-state index contributed by atoms with van der Waals surface area (Å²) in [6, 6.07) is 10.7. The number of rotatable bonds is 4. The molecular weight excluding hydrogens is 364 g/mol. The molecule has 5 heteroatoms. The fourth-order valence-corrected chi connectivity index (χ4v) is 3.81. The number of hydrogen-bond donors (Lipinski definition) is 1. The first kappa shape index (κ1) is 15.9.